The van der Waals surface area contributed by atoms with Gasteiger partial charge in [0, 0.05) is 34.4 Å². The largest absolute Gasteiger partial charge is 0.456 e. The van der Waals surface area contributed by atoms with Crippen molar-refractivity contribution in [2.24, 2.45) is 5.92 Å². The van der Waals surface area contributed by atoms with Crippen molar-refractivity contribution in [3.05, 3.63) is 139 Å². The summed E-state index contributed by atoms with van der Waals surface area (Å²) in [6, 6.07) is 37.3. The Morgan fingerprint density at radius 3 is 2.28 bits per heavy atom. The van der Waals surface area contributed by atoms with Crippen molar-refractivity contribution in [3.63, 3.8) is 0 Å². The fourth-order valence-electron chi connectivity index (χ4n) is 6.96. The molecule has 1 unspecified atom stereocenters. The topological polar surface area (TPSA) is 29.3 Å². The van der Waals surface area contributed by atoms with E-state index < -0.39 is 0 Å². The lowest BCUT2D eigenvalue weighted by atomic mass is 9.97. The fraction of sp³-hybridized carbons (Fsp3) is 0.0750. The van der Waals surface area contributed by atoms with Crippen molar-refractivity contribution in [1.82, 2.24) is 4.98 Å². The number of fused-ring (bicyclic) bond motifs is 6. The minimum atomic E-state index is 0.480. The van der Waals surface area contributed by atoms with Gasteiger partial charge < -0.3 is 9.32 Å². The van der Waals surface area contributed by atoms with Crippen LogP contribution in [0.2, 0.25) is 0 Å². The third-order valence-electron chi connectivity index (χ3n) is 8.97. The molecule has 1 atom stereocenters. The molecular weight excluding hydrogens is 524 g/mol. The molecule has 0 fully saturated rings. The van der Waals surface area contributed by atoms with E-state index in [1.54, 1.807) is 0 Å². The molecule has 0 aliphatic heterocycles. The number of benzene rings is 5. The van der Waals surface area contributed by atoms with E-state index in [9.17, 15) is 0 Å². The van der Waals surface area contributed by atoms with Crippen LogP contribution >= 0.6 is 0 Å². The summed E-state index contributed by atoms with van der Waals surface area (Å²) in [5.74, 6) is 0.480. The van der Waals surface area contributed by atoms with Gasteiger partial charge in [0.15, 0.2) is 0 Å². The third-order valence-corrected chi connectivity index (χ3v) is 8.97. The van der Waals surface area contributed by atoms with Crippen LogP contribution in [0.5, 0.6) is 0 Å². The number of pyridine rings is 1. The molecular formula is C40H28N2O. The summed E-state index contributed by atoms with van der Waals surface area (Å²) in [4.78, 5) is 6.67. The molecule has 43 heavy (non-hydrogen) atoms. The van der Waals surface area contributed by atoms with Gasteiger partial charge in [-0.05, 0) is 105 Å². The monoisotopic (exact) mass is 552 g/mol. The normalized spacial score (nSPS) is 15.3. The highest BCUT2D eigenvalue weighted by molar-refractivity contribution is 6.15. The van der Waals surface area contributed by atoms with Crippen LogP contribution in [0.25, 0.3) is 66.1 Å². The second-order valence-corrected chi connectivity index (χ2v) is 11.7. The summed E-state index contributed by atoms with van der Waals surface area (Å²) in [5.41, 5.74) is 12.6. The second-order valence-electron chi connectivity index (χ2n) is 11.7. The molecule has 7 aromatic rings. The van der Waals surface area contributed by atoms with Crippen LogP contribution in [0.15, 0.2) is 144 Å². The molecule has 0 bridgehead atoms. The van der Waals surface area contributed by atoms with Gasteiger partial charge in [-0.3, -0.25) is 4.98 Å². The summed E-state index contributed by atoms with van der Waals surface area (Å²) >= 11 is 0. The maximum atomic E-state index is 6.56. The van der Waals surface area contributed by atoms with Crippen molar-refractivity contribution >= 4 is 44.1 Å². The zero-order valence-corrected chi connectivity index (χ0v) is 23.8. The highest BCUT2D eigenvalue weighted by atomic mass is 16.3. The van der Waals surface area contributed by atoms with E-state index in [1.165, 1.54) is 38.6 Å². The van der Waals surface area contributed by atoms with E-state index in [2.05, 4.69) is 132 Å². The molecule has 0 amide bonds. The van der Waals surface area contributed by atoms with Crippen LogP contribution in [0.3, 0.4) is 0 Å². The van der Waals surface area contributed by atoms with Crippen LogP contribution in [-0.4, -0.2) is 4.98 Å². The average molecular weight is 553 g/mol. The number of hydrogen-bond donors (Lipinski definition) is 0. The molecule has 0 spiro atoms. The Bertz CT molecular complexity index is 2280. The summed E-state index contributed by atoms with van der Waals surface area (Å²) in [7, 11) is 0. The summed E-state index contributed by atoms with van der Waals surface area (Å²) in [6.45, 7) is 2.26. The van der Waals surface area contributed by atoms with Crippen molar-refractivity contribution in [2.75, 3.05) is 4.90 Å². The van der Waals surface area contributed by atoms with Crippen molar-refractivity contribution in [1.29, 1.82) is 0 Å². The van der Waals surface area contributed by atoms with Crippen LogP contribution in [-0.2, 0) is 0 Å². The first-order valence-electron chi connectivity index (χ1n) is 14.9. The Kier molecular flexibility index (Phi) is 5.24. The molecule has 3 heteroatoms. The Morgan fingerprint density at radius 2 is 1.47 bits per heavy atom. The molecule has 2 aromatic heterocycles. The number of allylic oxidation sites excluding steroid dienone is 3. The van der Waals surface area contributed by atoms with Gasteiger partial charge in [0.05, 0.1) is 11.9 Å². The summed E-state index contributed by atoms with van der Waals surface area (Å²) < 4.78 is 6.56. The Morgan fingerprint density at radius 1 is 0.698 bits per heavy atom. The molecule has 0 saturated carbocycles. The zero-order chi connectivity index (χ0) is 28.5. The quantitative estimate of drug-likeness (QED) is 0.217. The van der Waals surface area contributed by atoms with Crippen molar-refractivity contribution in [2.45, 2.75) is 13.3 Å². The van der Waals surface area contributed by atoms with Crippen LogP contribution in [0, 0.1) is 5.92 Å². The maximum Gasteiger partial charge on any atom is 0.137 e. The summed E-state index contributed by atoms with van der Waals surface area (Å²) in [5, 5.41) is 4.90. The number of hydrogen-bond acceptors (Lipinski definition) is 3. The van der Waals surface area contributed by atoms with E-state index in [0.29, 0.717) is 5.92 Å². The molecule has 0 saturated heterocycles. The van der Waals surface area contributed by atoms with Gasteiger partial charge in [-0.1, -0.05) is 73.7 Å². The van der Waals surface area contributed by atoms with Crippen LogP contribution < -0.4 is 4.90 Å². The molecule has 3 nitrogen and oxygen atoms in total. The highest BCUT2D eigenvalue weighted by Gasteiger charge is 2.22. The first kappa shape index (κ1) is 24.2. The first-order chi connectivity index (χ1) is 21.2. The van der Waals surface area contributed by atoms with Gasteiger partial charge >= 0.3 is 0 Å². The van der Waals surface area contributed by atoms with Crippen LogP contribution in [0.1, 0.15) is 13.3 Å². The summed E-state index contributed by atoms with van der Waals surface area (Å²) in [6.07, 6.45) is 11.6. The number of aromatic nitrogens is 1. The lowest BCUT2D eigenvalue weighted by molar-refractivity contribution is 0.669. The van der Waals surface area contributed by atoms with E-state index in [0.717, 1.165) is 51.0 Å². The Labute approximate surface area is 250 Å². The van der Waals surface area contributed by atoms with Gasteiger partial charge in [-0.15, -0.1) is 0 Å². The Balaban J connectivity index is 1.14. The van der Waals surface area contributed by atoms with Gasteiger partial charge in [-0.2, -0.15) is 0 Å². The minimum Gasteiger partial charge on any atom is -0.456 e. The molecule has 2 aliphatic rings. The number of furan rings is 1. The van der Waals surface area contributed by atoms with E-state index in [4.69, 9.17) is 4.42 Å². The molecule has 2 aliphatic carbocycles. The third kappa shape index (κ3) is 3.78. The lowest BCUT2D eigenvalue weighted by Gasteiger charge is -2.28. The molecule has 9 rings (SSSR count). The van der Waals surface area contributed by atoms with E-state index >= 15 is 0 Å². The van der Waals surface area contributed by atoms with Crippen LogP contribution in [0.4, 0.5) is 11.4 Å². The minimum absolute atomic E-state index is 0.480. The molecule has 2 heterocycles. The number of nitrogens with zero attached hydrogens (tertiary/aromatic N) is 2. The number of rotatable bonds is 4. The maximum absolute atomic E-state index is 6.56. The fourth-order valence-corrected chi connectivity index (χ4v) is 6.96. The van der Waals surface area contributed by atoms with Gasteiger partial charge in [0.25, 0.3) is 0 Å². The van der Waals surface area contributed by atoms with E-state index in [-0.39, 0.29) is 0 Å². The standard InChI is InChI=1S/C40H28N2O/c1-25-6-2-9-29(20-25)42(31-10-5-19-41-24-31)30-15-18-34-33-17-14-28(22-38(33)43-39(34)23-30)27-13-16-32-35-11-3-7-26-8-4-12-36(40(26)35)37(32)21-27/h2-5,7-25H,6H2,1H3. The SMILES string of the molecule is CC1C=C(N(c2cccnc2)c2ccc3c(c2)oc2cc(-c4ccc5c(c4)-c4cccc6cccc-5c46)ccc23)C=CC1. The lowest BCUT2D eigenvalue weighted by Crippen LogP contribution is -2.17. The predicted molar refractivity (Wildman–Crippen MR) is 178 cm³/mol. The van der Waals surface area contributed by atoms with Crippen molar-refractivity contribution in [3.8, 4) is 33.4 Å². The first-order valence-corrected chi connectivity index (χ1v) is 14.9. The number of anilines is 2. The van der Waals surface area contributed by atoms with Gasteiger partial charge in [0.2, 0.25) is 0 Å². The molecule has 0 N–H and O–H groups in total. The zero-order valence-electron chi connectivity index (χ0n) is 23.8. The second kappa shape index (κ2) is 9.30. The average Bonchev–Trinajstić information content (AvgIpc) is 3.57. The van der Waals surface area contributed by atoms with Gasteiger partial charge in [-0.25, -0.2) is 0 Å². The smallest absolute Gasteiger partial charge is 0.137 e. The van der Waals surface area contributed by atoms with E-state index in [1.807, 2.05) is 18.5 Å². The van der Waals surface area contributed by atoms with Crippen molar-refractivity contribution < 1.29 is 4.42 Å². The predicted octanol–water partition coefficient (Wildman–Crippen LogP) is 11.1. The Hall–Kier alpha value is -5.41. The van der Waals surface area contributed by atoms with Gasteiger partial charge in [0.1, 0.15) is 11.2 Å². The molecule has 5 aromatic carbocycles. The highest BCUT2D eigenvalue weighted by Crippen LogP contribution is 2.48. The molecule has 204 valence electrons. The molecule has 0 radical (unpaired) electrons.